The van der Waals surface area contributed by atoms with Gasteiger partial charge in [-0.15, -0.1) is 0 Å². The lowest BCUT2D eigenvalue weighted by molar-refractivity contribution is 0.252. The number of aromatic nitrogens is 4. The summed E-state index contributed by atoms with van der Waals surface area (Å²) in [5.41, 5.74) is 3.55. The van der Waals surface area contributed by atoms with Crippen LogP contribution >= 0.6 is 11.8 Å². The fraction of sp³-hybridized carbons (Fsp3) is 0.368. The highest BCUT2D eigenvalue weighted by molar-refractivity contribution is 7.98. The molecule has 3 aromatic rings. The van der Waals surface area contributed by atoms with Gasteiger partial charge in [-0.3, -0.25) is 0 Å². The third kappa shape index (κ3) is 4.97. The molecule has 0 unspecified atom stereocenters. The van der Waals surface area contributed by atoms with Crippen molar-refractivity contribution in [2.45, 2.75) is 37.6 Å². The minimum atomic E-state index is -0.189. The van der Waals surface area contributed by atoms with Crippen LogP contribution in [0.5, 0.6) is 0 Å². The minimum Gasteiger partial charge on any atom is -0.338 e. The van der Waals surface area contributed by atoms with Crippen molar-refractivity contribution < 1.29 is 4.79 Å². The van der Waals surface area contributed by atoms with Gasteiger partial charge in [0.2, 0.25) is 0 Å². The van der Waals surface area contributed by atoms with Gasteiger partial charge in [-0.2, -0.15) is 0 Å². The first-order valence-corrected chi connectivity index (χ1v) is 9.98. The molecule has 0 aliphatic carbocycles. The molecule has 0 radical (unpaired) electrons. The molecule has 3 rings (SSSR count). The number of rotatable bonds is 7. The highest BCUT2D eigenvalue weighted by Crippen LogP contribution is 2.24. The smallest absolute Gasteiger partial charge is 0.319 e. The number of benzene rings is 1. The first-order chi connectivity index (χ1) is 13.1. The predicted octanol–water partition coefficient (Wildman–Crippen LogP) is 3.89. The van der Waals surface area contributed by atoms with Crippen LogP contribution in [-0.2, 0) is 12.8 Å². The van der Waals surface area contributed by atoms with E-state index in [0.717, 1.165) is 46.2 Å². The molecular formula is C19H24N6OS. The first-order valence-electron chi connectivity index (χ1n) is 8.99. The molecule has 2 aromatic heterocycles. The zero-order chi connectivity index (χ0) is 19.2. The second kappa shape index (κ2) is 8.85. The van der Waals surface area contributed by atoms with Gasteiger partial charge in [-0.1, -0.05) is 25.1 Å². The third-order valence-corrected chi connectivity index (χ3v) is 5.01. The van der Waals surface area contributed by atoms with Crippen molar-refractivity contribution >= 4 is 34.5 Å². The summed E-state index contributed by atoms with van der Waals surface area (Å²) in [6.45, 7) is 4.72. The molecule has 142 valence electrons. The Balaban J connectivity index is 1.69. The number of unbranched alkanes of at least 4 members (excludes halogenated alkanes) is 1. The average molecular weight is 385 g/mol. The standard InChI is InChI=1S/C19H24N6OS/c1-4-5-9-20-18(26)23-14-6-7-16-15(11-14)24-17(25(16)3)12-27-19-21-10-8-13(2)22-19/h6-8,10-11H,4-5,9,12H2,1-3H3,(H2,20,23,26). The van der Waals surface area contributed by atoms with Gasteiger partial charge in [0.25, 0.3) is 0 Å². The van der Waals surface area contributed by atoms with E-state index in [2.05, 4.69) is 32.1 Å². The zero-order valence-electron chi connectivity index (χ0n) is 15.8. The molecule has 0 fully saturated rings. The van der Waals surface area contributed by atoms with Crippen LogP contribution in [0, 0.1) is 6.92 Å². The van der Waals surface area contributed by atoms with Crippen LogP contribution in [0.3, 0.4) is 0 Å². The van der Waals surface area contributed by atoms with E-state index in [1.54, 1.807) is 18.0 Å². The molecule has 2 heterocycles. The second-order valence-electron chi connectivity index (χ2n) is 6.29. The Bertz CT molecular complexity index is 939. The fourth-order valence-corrected chi connectivity index (χ4v) is 3.50. The number of hydrogen-bond acceptors (Lipinski definition) is 5. The Morgan fingerprint density at radius 2 is 2.11 bits per heavy atom. The van der Waals surface area contributed by atoms with Gasteiger partial charge >= 0.3 is 6.03 Å². The van der Waals surface area contributed by atoms with Crippen LogP contribution in [0.15, 0.2) is 35.6 Å². The van der Waals surface area contributed by atoms with Crippen molar-refractivity contribution in [1.82, 2.24) is 24.8 Å². The van der Waals surface area contributed by atoms with Crippen molar-refractivity contribution in [3.63, 3.8) is 0 Å². The predicted molar refractivity (Wildman–Crippen MR) is 109 cm³/mol. The number of urea groups is 1. The average Bonchev–Trinajstić information content (AvgIpc) is 2.95. The van der Waals surface area contributed by atoms with Gasteiger partial charge < -0.3 is 15.2 Å². The molecule has 0 atom stereocenters. The van der Waals surface area contributed by atoms with E-state index in [9.17, 15) is 4.79 Å². The molecule has 2 amide bonds. The van der Waals surface area contributed by atoms with E-state index in [-0.39, 0.29) is 6.03 Å². The van der Waals surface area contributed by atoms with Gasteiger partial charge in [0.15, 0.2) is 5.16 Å². The number of fused-ring (bicyclic) bond motifs is 1. The Labute approximate surface area is 163 Å². The van der Waals surface area contributed by atoms with Crippen molar-refractivity contribution in [3.05, 3.63) is 42.0 Å². The topological polar surface area (TPSA) is 84.7 Å². The summed E-state index contributed by atoms with van der Waals surface area (Å²) >= 11 is 1.56. The number of hydrogen-bond donors (Lipinski definition) is 2. The van der Waals surface area contributed by atoms with Crippen molar-refractivity contribution in [3.8, 4) is 0 Å². The normalized spacial score (nSPS) is 10.9. The van der Waals surface area contributed by atoms with Crippen LogP contribution in [0.25, 0.3) is 11.0 Å². The van der Waals surface area contributed by atoms with E-state index in [1.807, 2.05) is 38.2 Å². The van der Waals surface area contributed by atoms with Crippen molar-refractivity contribution in [2.24, 2.45) is 7.05 Å². The lowest BCUT2D eigenvalue weighted by Gasteiger charge is -2.07. The number of nitrogens with zero attached hydrogens (tertiary/aromatic N) is 4. The lowest BCUT2D eigenvalue weighted by atomic mass is 10.3. The Morgan fingerprint density at radius 1 is 1.26 bits per heavy atom. The lowest BCUT2D eigenvalue weighted by Crippen LogP contribution is -2.29. The number of carbonyl (C=O) groups excluding carboxylic acids is 1. The van der Waals surface area contributed by atoms with E-state index in [1.165, 1.54) is 0 Å². The van der Waals surface area contributed by atoms with Crippen LogP contribution in [0.1, 0.15) is 31.3 Å². The highest BCUT2D eigenvalue weighted by atomic mass is 32.2. The first kappa shape index (κ1) is 19.2. The second-order valence-corrected chi connectivity index (χ2v) is 7.24. The summed E-state index contributed by atoms with van der Waals surface area (Å²) in [5, 5.41) is 6.45. The molecule has 0 spiro atoms. The number of aryl methyl sites for hydroxylation is 2. The van der Waals surface area contributed by atoms with Crippen LogP contribution in [0.4, 0.5) is 10.5 Å². The summed E-state index contributed by atoms with van der Waals surface area (Å²) in [7, 11) is 1.99. The van der Waals surface area contributed by atoms with E-state index < -0.39 is 0 Å². The number of carbonyl (C=O) groups is 1. The molecule has 0 aliphatic rings. The van der Waals surface area contributed by atoms with Gasteiger partial charge in [0.05, 0.1) is 16.8 Å². The molecule has 2 N–H and O–H groups in total. The van der Waals surface area contributed by atoms with Gasteiger partial charge in [0.1, 0.15) is 5.82 Å². The summed E-state index contributed by atoms with van der Waals surface area (Å²) in [6, 6.07) is 7.45. The SMILES string of the molecule is CCCCNC(=O)Nc1ccc2c(c1)nc(CSc1nccc(C)n1)n2C. The Kier molecular flexibility index (Phi) is 6.28. The van der Waals surface area contributed by atoms with Crippen LogP contribution < -0.4 is 10.6 Å². The maximum Gasteiger partial charge on any atom is 0.319 e. The molecule has 0 bridgehead atoms. The molecule has 7 nitrogen and oxygen atoms in total. The molecule has 0 saturated heterocycles. The Morgan fingerprint density at radius 3 is 2.89 bits per heavy atom. The quantitative estimate of drug-likeness (QED) is 0.367. The number of thioether (sulfide) groups is 1. The highest BCUT2D eigenvalue weighted by Gasteiger charge is 2.11. The maximum atomic E-state index is 11.9. The number of amides is 2. The van der Waals surface area contributed by atoms with Gasteiger partial charge in [-0.25, -0.2) is 19.7 Å². The molecule has 1 aromatic carbocycles. The van der Waals surface area contributed by atoms with Crippen molar-refractivity contribution in [1.29, 1.82) is 0 Å². The number of anilines is 1. The molecule has 27 heavy (non-hydrogen) atoms. The molecule has 8 heteroatoms. The fourth-order valence-electron chi connectivity index (χ4n) is 2.64. The summed E-state index contributed by atoms with van der Waals surface area (Å²) in [4.78, 5) is 25.3. The van der Waals surface area contributed by atoms with Crippen LogP contribution in [-0.4, -0.2) is 32.1 Å². The summed E-state index contributed by atoms with van der Waals surface area (Å²) in [6.07, 6.45) is 3.79. The summed E-state index contributed by atoms with van der Waals surface area (Å²) in [5.74, 6) is 1.61. The van der Waals surface area contributed by atoms with Crippen LogP contribution in [0.2, 0.25) is 0 Å². The van der Waals surface area contributed by atoms with Crippen molar-refractivity contribution in [2.75, 3.05) is 11.9 Å². The minimum absolute atomic E-state index is 0.189. The zero-order valence-corrected chi connectivity index (χ0v) is 16.6. The maximum absolute atomic E-state index is 11.9. The van der Waals surface area contributed by atoms with E-state index in [4.69, 9.17) is 4.98 Å². The number of imidazole rings is 1. The van der Waals surface area contributed by atoms with E-state index in [0.29, 0.717) is 12.3 Å². The number of nitrogens with one attached hydrogen (secondary N) is 2. The third-order valence-electron chi connectivity index (χ3n) is 4.15. The largest absolute Gasteiger partial charge is 0.338 e. The molecule has 0 saturated carbocycles. The van der Waals surface area contributed by atoms with Gasteiger partial charge in [0, 0.05) is 31.2 Å². The summed E-state index contributed by atoms with van der Waals surface area (Å²) < 4.78 is 2.06. The Hall–Kier alpha value is -2.61. The van der Waals surface area contributed by atoms with E-state index >= 15 is 0 Å². The van der Waals surface area contributed by atoms with Gasteiger partial charge in [-0.05, 0) is 37.6 Å². The molecule has 0 aliphatic heterocycles. The monoisotopic (exact) mass is 384 g/mol. The molecular weight excluding hydrogens is 360 g/mol.